The van der Waals surface area contributed by atoms with E-state index in [-0.39, 0.29) is 12.6 Å². The summed E-state index contributed by atoms with van der Waals surface area (Å²) in [7, 11) is 4.86. The van der Waals surface area contributed by atoms with Crippen molar-refractivity contribution < 1.29 is 14.3 Å². The van der Waals surface area contributed by atoms with E-state index in [2.05, 4.69) is 15.3 Å². The molecular weight excluding hydrogens is 358 g/mol. The van der Waals surface area contributed by atoms with Gasteiger partial charge in [0.05, 0.1) is 31.8 Å². The van der Waals surface area contributed by atoms with E-state index in [1.807, 2.05) is 18.2 Å². The first-order chi connectivity index (χ1) is 13.6. The number of amides is 2. The van der Waals surface area contributed by atoms with Crippen molar-refractivity contribution >= 4 is 22.5 Å². The van der Waals surface area contributed by atoms with Crippen molar-refractivity contribution in [2.24, 2.45) is 5.73 Å². The molecule has 146 valence electrons. The number of anilines is 1. The summed E-state index contributed by atoms with van der Waals surface area (Å²) in [6.07, 6.45) is 5.02. The SMILES string of the molecule is COc1cc(OC)c2c(CN)ncc(NC(=O)N(C)Cc3cccnc3)c2c1. The number of carbonyl (C=O) groups excluding carboxylic acids is 1. The minimum atomic E-state index is -0.269. The molecule has 0 saturated carbocycles. The highest BCUT2D eigenvalue weighted by atomic mass is 16.5. The van der Waals surface area contributed by atoms with E-state index < -0.39 is 0 Å². The zero-order valence-corrected chi connectivity index (χ0v) is 16.1. The number of ether oxygens (including phenoxy) is 2. The summed E-state index contributed by atoms with van der Waals surface area (Å²) in [6, 6.07) is 7.08. The summed E-state index contributed by atoms with van der Waals surface area (Å²) in [5.41, 5.74) is 8.01. The van der Waals surface area contributed by atoms with Crippen LogP contribution in [0.25, 0.3) is 10.8 Å². The summed E-state index contributed by atoms with van der Waals surface area (Å²) in [6.45, 7) is 0.673. The Labute approximate surface area is 163 Å². The Morgan fingerprint density at radius 3 is 2.71 bits per heavy atom. The molecule has 0 aliphatic carbocycles. The van der Waals surface area contributed by atoms with Crippen LogP contribution in [-0.4, -0.2) is 42.2 Å². The van der Waals surface area contributed by atoms with Gasteiger partial charge in [0.25, 0.3) is 0 Å². The number of aromatic nitrogens is 2. The topological polar surface area (TPSA) is 103 Å². The molecule has 28 heavy (non-hydrogen) atoms. The molecule has 0 aliphatic rings. The fourth-order valence-electron chi connectivity index (χ4n) is 2.96. The average molecular weight is 381 g/mol. The number of nitrogens with two attached hydrogens (primary N) is 1. The Balaban J connectivity index is 1.95. The number of rotatable bonds is 6. The Kier molecular flexibility index (Phi) is 5.90. The van der Waals surface area contributed by atoms with Gasteiger partial charge in [-0.1, -0.05) is 6.07 Å². The van der Waals surface area contributed by atoms with E-state index >= 15 is 0 Å². The van der Waals surface area contributed by atoms with Gasteiger partial charge in [-0.15, -0.1) is 0 Å². The Bertz CT molecular complexity index is 978. The van der Waals surface area contributed by atoms with Gasteiger partial charge in [0.1, 0.15) is 11.5 Å². The Morgan fingerprint density at radius 1 is 1.25 bits per heavy atom. The molecule has 0 fully saturated rings. The second kappa shape index (κ2) is 8.53. The number of nitrogens with zero attached hydrogens (tertiary/aromatic N) is 3. The van der Waals surface area contributed by atoms with Crippen molar-refractivity contribution in [3.05, 3.63) is 54.1 Å². The number of nitrogens with one attached hydrogen (secondary N) is 1. The number of hydrogen-bond acceptors (Lipinski definition) is 6. The summed E-state index contributed by atoms with van der Waals surface area (Å²) in [5.74, 6) is 1.19. The third-order valence-electron chi connectivity index (χ3n) is 4.38. The van der Waals surface area contributed by atoms with Crippen molar-refractivity contribution in [3.63, 3.8) is 0 Å². The number of methoxy groups -OCH3 is 2. The predicted molar refractivity (Wildman–Crippen MR) is 107 cm³/mol. The molecule has 0 atom stereocenters. The quantitative estimate of drug-likeness (QED) is 0.681. The second-order valence-electron chi connectivity index (χ2n) is 6.22. The van der Waals surface area contributed by atoms with Crippen LogP contribution in [0, 0.1) is 0 Å². The molecular formula is C20H23N5O3. The van der Waals surface area contributed by atoms with Crippen LogP contribution in [0.3, 0.4) is 0 Å². The molecule has 3 N–H and O–H groups in total. The molecule has 3 aromatic rings. The van der Waals surface area contributed by atoms with E-state index in [1.165, 1.54) is 0 Å². The first-order valence-electron chi connectivity index (χ1n) is 8.72. The first kappa shape index (κ1) is 19.4. The van der Waals surface area contributed by atoms with Gasteiger partial charge in [0.15, 0.2) is 0 Å². The van der Waals surface area contributed by atoms with Crippen LogP contribution in [0.4, 0.5) is 10.5 Å². The Hall–Kier alpha value is -3.39. The molecule has 2 amide bonds. The van der Waals surface area contributed by atoms with Crippen molar-refractivity contribution in [2.45, 2.75) is 13.1 Å². The van der Waals surface area contributed by atoms with Crippen molar-refractivity contribution in [1.29, 1.82) is 0 Å². The van der Waals surface area contributed by atoms with Crippen LogP contribution in [0.1, 0.15) is 11.3 Å². The van der Waals surface area contributed by atoms with Crippen LogP contribution in [-0.2, 0) is 13.1 Å². The maximum atomic E-state index is 12.7. The zero-order valence-electron chi connectivity index (χ0n) is 16.1. The number of fused-ring (bicyclic) bond motifs is 1. The summed E-state index contributed by atoms with van der Waals surface area (Å²) >= 11 is 0. The van der Waals surface area contributed by atoms with E-state index in [0.29, 0.717) is 29.4 Å². The van der Waals surface area contributed by atoms with Gasteiger partial charge in [0.2, 0.25) is 0 Å². The second-order valence-corrected chi connectivity index (χ2v) is 6.22. The molecule has 0 bridgehead atoms. The van der Waals surface area contributed by atoms with E-state index in [0.717, 1.165) is 16.3 Å². The number of urea groups is 1. The van der Waals surface area contributed by atoms with Crippen molar-refractivity contribution in [1.82, 2.24) is 14.9 Å². The van der Waals surface area contributed by atoms with E-state index in [4.69, 9.17) is 15.2 Å². The van der Waals surface area contributed by atoms with Crippen molar-refractivity contribution in [2.75, 3.05) is 26.6 Å². The normalized spacial score (nSPS) is 10.6. The summed E-state index contributed by atoms with van der Waals surface area (Å²) in [5, 5.41) is 4.40. The van der Waals surface area contributed by atoms with Gasteiger partial charge in [0, 0.05) is 49.4 Å². The van der Waals surface area contributed by atoms with Gasteiger partial charge in [-0.25, -0.2) is 4.79 Å². The summed E-state index contributed by atoms with van der Waals surface area (Å²) in [4.78, 5) is 22.7. The molecule has 8 nitrogen and oxygen atoms in total. The van der Waals surface area contributed by atoms with E-state index in [9.17, 15) is 4.79 Å². The number of hydrogen-bond donors (Lipinski definition) is 2. The number of carbonyl (C=O) groups is 1. The maximum absolute atomic E-state index is 12.7. The first-order valence-corrected chi connectivity index (χ1v) is 8.72. The minimum Gasteiger partial charge on any atom is -0.497 e. The third kappa shape index (κ3) is 3.96. The van der Waals surface area contributed by atoms with Gasteiger partial charge >= 0.3 is 6.03 Å². The fourth-order valence-corrected chi connectivity index (χ4v) is 2.96. The lowest BCUT2D eigenvalue weighted by atomic mass is 10.1. The third-order valence-corrected chi connectivity index (χ3v) is 4.38. The molecule has 2 heterocycles. The monoisotopic (exact) mass is 381 g/mol. The number of benzene rings is 1. The van der Waals surface area contributed by atoms with Gasteiger partial charge in [-0.2, -0.15) is 0 Å². The molecule has 0 radical (unpaired) electrons. The van der Waals surface area contributed by atoms with E-state index in [1.54, 1.807) is 50.8 Å². The van der Waals surface area contributed by atoms with Gasteiger partial charge in [-0.05, 0) is 17.7 Å². The molecule has 3 rings (SSSR count). The maximum Gasteiger partial charge on any atom is 0.321 e. The van der Waals surface area contributed by atoms with Crippen LogP contribution < -0.4 is 20.5 Å². The van der Waals surface area contributed by atoms with Gasteiger partial charge in [-0.3, -0.25) is 9.97 Å². The summed E-state index contributed by atoms with van der Waals surface area (Å²) < 4.78 is 10.9. The molecule has 8 heteroatoms. The van der Waals surface area contributed by atoms with Crippen LogP contribution >= 0.6 is 0 Å². The molecule has 0 spiro atoms. The lowest BCUT2D eigenvalue weighted by Crippen LogP contribution is -2.31. The van der Waals surface area contributed by atoms with Crippen LogP contribution in [0.2, 0.25) is 0 Å². The smallest absolute Gasteiger partial charge is 0.321 e. The standard InChI is InChI=1S/C20H23N5O3/c1-25(12-13-5-4-6-22-10-13)20(26)24-17-11-23-16(9-21)19-15(17)7-14(27-2)8-18(19)28-3/h4-8,10-11H,9,12,21H2,1-3H3,(H,24,26). The van der Waals surface area contributed by atoms with Crippen LogP contribution in [0.5, 0.6) is 11.5 Å². The molecule has 1 aromatic carbocycles. The highest BCUT2D eigenvalue weighted by molar-refractivity contribution is 6.04. The van der Waals surface area contributed by atoms with Crippen LogP contribution in [0.15, 0.2) is 42.9 Å². The largest absolute Gasteiger partial charge is 0.497 e. The molecule has 0 unspecified atom stereocenters. The highest BCUT2D eigenvalue weighted by Gasteiger charge is 2.17. The fraction of sp³-hybridized carbons (Fsp3) is 0.250. The highest BCUT2D eigenvalue weighted by Crippen LogP contribution is 2.36. The number of pyridine rings is 2. The average Bonchev–Trinajstić information content (AvgIpc) is 2.73. The minimum absolute atomic E-state index is 0.244. The van der Waals surface area contributed by atoms with Crippen molar-refractivity contribution in [3.8, 4) is 11.5 Å². The lowest BCUT2D eigenvalue weighted by Gasteiger charge is -2.20. The Morgan fingerprint density at radius 2 is 2.07 bits per heavy atom. The molecule has 0 saturated heterocycles. The molecule has 2 aromatic heterocycles. The van der Waals surface area contributed by atoms with Gasteiger partial charge < -0.3 is 25.4 Å². The lowest BCUT2D eigenvalue weighted by molar-refractivity contribution is 0.220. The zero-order chi connectivity index (χ0) is 20.1. The molecule has 0 aliphatic heterocycles. The predicted octanol–water partition coefficient (Wildman–Crippen LogP) is 2.77.